The van der Waals surface area contributed by atoms with Crippen molar-refractivity contribution in [3.63, 3.8) is 0 Å². The Bertz CT molecular complexity index is 311. The number of hydrogen-bond acceptors (Lipinski definition) is 4. The predicted octanol–water partition coefficient (Wildman–Crippen LogP) is 0.898. The lowest BCUT2D eigenvalue weighted by molar-refractivity contribution is -0.123. The molecule has 0 radical (unpaired) electrons. The summed E-state index contributed by atoms with van der Waals surface area (Å²) in [6.45, 7) is 1.40. The third-order valence-corrected chi connectivity index (χ3v) is 3.66. The summed E-state index contributed by atoms with van der Waals surface area (Å²) in [6.07, 6.45) is 7.45. The minimum Gasteiger partial charge on any atom is -0.494 e. The van der Waals surface area contributed by atoms with Crippen LogP contribution in [0.25, 0.3) is 0 Å². The summed E-state index contributed by atoms with van der Waals surface area (Å²) in [7, 11) is 0. The van der Waals surface area contributed by atoms with E-state index in [1.54, 1.807) is 0 Å². The summed E-state index contributed by atoms with van der Waals surface area (Å²) in [4.78, 5) is 12.0. The highest BCUT2D eigenvalue weighted by atomic mass is 16.6. The smallest absolute Gasteiger partial charge is 0.289 e. The van der Waals surface area contributed by atoms with Crippen LogP contribution in [-0.2, 0) is 14.3 Å². The summed E-state index contributed by atoms with van der Waals surface area (Å²) in [5, 5.41) is 2.97. The van der Waals surface area contributed by atoms with Gasteiger partial charge in [0.05, 0.1) is 0 Å². The van der Waals surface area contributed by atoms with Gasteiger partial charge in [0.2, 0.25) is 5.76 Å². The second-order valence-electron chi connectivity index (χ2n) is 4.92. The quantitative estimate of drug-likeness (QED) is 0.781. The van der Waals surface area contributed by atoms with E-state index in [0.717, 1.165) is 12.8 Å². The molecular formula is C13H22N2O3. The first-order valence-corrected chi connectivity index (χ1v) is 6.76. The average molecular weight is 254 g/mol. The largest absolute Gasteiger partial charge is 0.494 e. The van der Waals surface area contributed by atoms with Crippen molar-refractivity contribution in [1.29, 1.82) is 0 Å². The fourth-order valence-electron chi connectivity index (χ4n) is 2.63. The van der Waals surface area contributed by atoms with E-state index in [-0.39, 0.29) is 17.7 Å². The third-order valence-electron chi connectivity index (χ3n) is 3.66. The predicted molar refractivity (Wildman–Crippen MR) is 67.5 cm³/mol. The molecule has 18 heavy (non-hydrogen) atoms. The van der Waals surface area contributed by atoms with Crippen molar-refractivity contribution in [2.75, 3.05) is 19.8 Å². The topological polar surface area (TPSA) is 73.6 Å². The van der Waals surface area contributed by atoms with Gasteiger partial charge in [-0.25, -0.2) is 0 Å². The number of rotatable bonds is 4. The molecule has 1 amide bonds. The first kappa shape index (κ1) is 13.2. The molecule has 2 aliphatic rings. The van der Waals surface area contributed by atoms with Crippen LogP contribution in [0.15, 0.2) is 12.0 Å². The number of nitrogens with one attached hydrogen (secondary N) is 1. The Kier molecular flexibility index (Phi) is 4.87. The lowest BCUT2D eigenvalue weighted by Crippen LogP contribution is -2.46. The average Bonchev–Trinajstić information content (AvgIpc) is 2.46. The van der Waals surface area contributed by atoms with E-state index in [1.807, 2.05) is 0 Å². The van der Waals surface area contributed by atoms with Gasteiger partial charge in [-0.2, -0.15) is 0 Å². The number of amides is 1. The lowest BCUT2D eigenvalue weighted by Gasteiger charge is -2.30. The van der Waals surface area contributed by atoms with Crippen molar-refractivity contribution in [2.45, 2.75) is 38.1 Å². The Balaban J connectivity index is 1.88. The van der Waals surface area contributed by atoms with Gasteiger partial charge in [0.25, 0.3) is 5.91 Å². The molecule has 0 aromatic rings. The maximum atomic E-state index is 12.0. The van der Waals surface area contributed by atoms with Crippen molar-refractivity contribution >= 4 is 5.91 Å². The molecule has 5 heteroatoms. The Morgan fingerprint density at radius 3 is 2.78 bits per heavy atom. The molecule has 1 fully saturated rings. The van der Waals surface area contributed by atoms with Crippen molar-refractivity contribution in [2.24, 2.45) is 11.7 Å². The van der Waals surface area contributed by atoms with Gasteiger partial charge in [-0.3, -0.25) is 4.79 Å². The van der Waals surface area contributed by atoms with Gasteiger partial charge in [0.1, 0.15) is 19.5 Å². The van der Waals surface area contributed by atoms with E-state index in [2.05, 4.69) is 5.32 Å². The fraction of sp³-hybridized carbons (Fsp3) is 0.769. The van der Waals surface area contributed by atoms with Crippen molar-refractivity contribution < 1.29 is 14.3 Å². The molecule has 1 aliphatic carbocycles. The van der Waals surface area contributed by atoms with Gasteiger partial charge < -0.3 is 20.5 Å². The minimum atomic E-state index is -0.212. The molecule has 102 valence electrons. The molecule has 1 unspecified atom stereocenters. The molecular weight excluding hydrogens is 232 g/mol. The van der Waals surface area contributed by atoms with Crippen LogP contribution in [0.4, 0.5) is 0 Å². The maximum Gasteiger partial charge on any atom is 0.289 e. The highest BCUT2D eigenvalue weighted by Gasteiger charge is 2.26. The van der Waals surface area contributed by atoms with Gasteiger partial charge in [-0.1, -0.05) is 19.3 Å². The molecule has 5 nitrogen and oxygen atoms in total. The normalized spacial score (nSPS) is 22.4. The van der Waals surface area contributed by atoms with Gasteiger partial charge in [-0.15, -0.1) is 0 Å². The first-order valence-electron chi connectivity index (χ1n) is 6.76. The Hall–Kier alpha value is -1.23. The van der Waals surface area contributed by atoms with E-state index >= 15 is 0 Å². The number of carbonyl (C=O) groups excluding carboxylic acids is 1. The third kappa shape index (κ3) is 3.38. The van der Waals surface area contributed by atoms with E-state index in [9.17, 15) is 4.79 Å². The molecule has 1 aliphatic heterocycles. The molecule has 1 saturated carbocycles. The Morgan fingerprint density at radius 2 is 2.17 bits per heavy atom. The molecule has 0 saturated heterocycles. The molecule has 2 rings (SSSR count). The van der Waals surface area contributed by atoms with Crippen LogP contribution in [0.1, 0.15) is 32.1 Å². The van der Waals surface area contributed by atoms with Crippen molar-refractivity contribution in [3.05, 3.63) is 12.0 Å². The number of carbonyl (C=O) groups is 1. The van der Waals surface area contributed by atoms with Crippen LogP contribution in [0.3, 0.4) is 0 Å². The van der Waals surface area contributed by atoms with E-state index < -0.39 is 0 Å². The SMILES string of the molecule is NCC(NC(=O)C1=COCCO1)C1CCCCC1. The van der Waals surface area contributed by atoms with E-state index in [0.29, 0.717) is 25.7 Å². The number of ether oxygens (including phenoxy) is 2. The van der Waals surface area contributed by atoms with E-state index in [4.69, 9.17) is 15.2 Å². The zero-order valence-corrected chi connectivity index (χ0v) is 10.7. The monoisotopic (exact) mass is 254 g/mol. The van der Waals surface area contributed by atoms with Crippen LogP contribution in [0.2, 0.25) is 0 Å². The van der Waals surface area contributed by atoms with Gasteiger partial charge in [0.15, 0.2) is 0 Å². The molecule has 0 bridgehead atoms. The molecule has 0 aromatic heterocycles. The van der Waals surface area contributed by atoms with Crippen molar-refractivity contribution in [1.82, 2.24) is 5.32 Å². The number of nitrogens with two attached hydrogens (primary N) is 1. The molecule has 3 N–H and O–H groups in total. The van der Waals surface area contributed by atoms with Crippen LogP contribution in [0.5, 0.6) is 0 Å². The van der Waals surface area contributed by atoms with Gasteiger partial charge >= 0.3 is 0 Å². The van der Waals surface area contributed by atoms with Crippen LogP contribution < -0.4 is 11.1 Å². The second-order valence-corrected chi connectivity index (χ2v) is 4.92. The second kappa shape index (κ2) is 6.64. The molecule has 1 heterocycles. The van der Waals surface area contributed by atoms with Crippen LogP contribution >= 0.6 is 0 Å². The Labute approximate surface area is 108 Å². The van der Waals surface area contributed by atoms with Crippen LogP contribution in [0, 0.1) is 5.92 Å². The fourth-order valence-corrected chi connectivity index (χ4v) is 2.63. The molecule has 0 spiro atoms. The van der Waals surface area contributed by atoms with Gasteiger partial charge in [-0.05, 0) is 18.8 Å². The Morgan fingerprint density at radius 1 is 1.39 bits per heavy atom. The molecule has 0 aromatic carbocycles. The summed E-state index contributed by atoms with van der Waals surface area (Å²) >= 11 is 0. The van der Waals surface area contributed by atoms with Crippen LogP contribution in [-0.4, -0.2) is 31.7 Å². The molecule has 1 atom stereocenters. The van der Waals surface area contributed by atoms with Crippen molar-refractivity contribution in [3.8, 4) is 0 Å². The lowest BCUT2D eigenvalue weighted by atomic mass is 9.84. The number of hydrogen-bond donors (Lipinski definition) is 2. The van der Waals surface area contributed by atoms with E-state index in [1.165, 1.54) is 25.5 Å². The highest BCUT2D eigenvalue weighted by Crippen LogP contribution is 2.26. The first-order chi connectivity index (χ1) is 8.81. The highest BCUT2D eigenvalue weighted by molar-refractivity contribution is 5.91. The standard InChI is InChI=1S/C13H22N2O3/c14-8-11(10-4-2-1-3-5-10)15-13(16)12-9-17-6-7-18-12/h9-11H,1-8,14H2,(H,15,16). The maximum absolute atomic E-state index is 12.0. The summed E-state index contributed by atoms with van der Waals surface area (Å²) in [6, 6.07) is 0.0456. The zero-order chi connectivity index (χ0) is 12.8. The summed E-state index contributed by atoms with van der Waals surface area (Å²) in [5.41, 5.74) is 5.78. The summed E-state index contributed by atoms with van der Waals surface area (Å²) < 4.78 is 10.3. The zero-order valence-electron chi connectivity index (χ0n) is 10.7. The minimum absolute atomic E-state index is 0.0456. The summed E-state index contributed by atoms with van der Waals surface area (Å²) in [5.74, 6) is 0.545. The van der Waals surface area contributed by atoms with Gasteiger partial charge in [0, 0.05) is 12.6 Å².